The minimum Gasteiger partial charge on any atom is -0.369 e. The molecule has 5 heteroatoms. The maximum absolute atomic E-state index is 5.99. The molecule has 0 bridgehead atoms. The first-order chi connectivity index (χ1) is 13.3. The van der Waals surface area contributed by atoms with Crippen LogP contribution in [-0.4, -0.2) is 39.4 Å². The van der Waals surface area contributed by atoms with E-state index >= 15 is 0 Å². The summed E-state index contributed by atoms with van der Waals surface area (Å²) in [5, 5.41) is 4.37. The number of hydrogen-bond donors (Lipinski definition) is 0. The zero-order valence-electron chi connectivity index (χ0n) is 15.8. The summed E-state index contributed by atoms with van der Waals surface area (Å²) in [6.07, 6.45) is 7.01. The molecule has 3 heterocycles. The smallest absolute Gasteiger partial charge is 0.112 e. The third kappa shape index (κ3) is 4.62. The second-order valence-corrected chi connectivity index (χ2v) is 7.05. The van der Waals surface area contributed by atoms with E-state index < -0.39 is 0 Å². The highest BCUT2D eigenvalue weighted by atomic mass is 16.5. The van der Waals surface area contributed by atoms with E-state index in [-0.39, 0.29) is 6.10 Å². The highest BCUT2D eigenvalue weighted by Crippen LogP contribution is 2.22. The second kappa shape index (κ2) is 8.46. The standard InChI is InChI=1S/C22H26N4O/c1-2-26-16-20(14-24-26)15-25-10-11-27-22(17-25)21-9-8-19(13-23-21)12-18-6-4-3-5-7-18/h3-9,13-14,16,22H,2,10-12,15,17H2,1H3/t22-/m1/s1. The van der Waals surface area contributed by atoms with Gasteiger partial charge < -0.3 is 4.74 Å². The molecule has 1 aliphatic rings. The molecule has 1 aliphatic heterocycles. The molecule has 4 rings (SSSR count). The summed E-state index contributed by atoms with van der Waals surface area (Å²) in [4.78, 5) is 7.11. The first-order valence-electron chi connectivity index (χ1n) is 9.64. The molecule has 1 atom stereocenters. The molecule has 0 saturated carbocycles. The molecule has 0 aliphatic carbocycles. The van der Waals surface area contributed by atoms with E-state index in [0.717, 1.165) is 44.9 Å². The normalized spacial score (nSPS) is 17.9. The fourth-order valence-electron chi connectivity index (χ4n) is 3.51. The molecule has 140 valence electrons. The van der Waals surface area contributed by atoms with Crippen molar-refractivity contribution in [1.82, 2.24) is 19.7 Å². The molecular weight excluding hydrogens is 336 g/mol. The van der Waals surface area contributed by atoms with Gasteiger partial charge in [0.25, 0.3) is 0 Å². The summed E-state index contributed by atoms with van der Waals surface area (Å²) in [5.74, 6) is 0. The van der Waals surface area contributed by atoms with Crippen molar-refractivity contribution in [1.29, 1.82) is 0 Å². The van der Waals surface area contributed by atoms with Crippen molar-refractivity contribution >= 4 is 0 Å². The zero-order chi connectivity index (χ0) is 18.5. The Labute approximate surface area is 160 Å². The largest absolute Gasteiger partial charge is 0.369 e. The lowest BCUT2D eigenvalue weighted by molar-refractivity contribution is -0.0350. The SMILES string of the molecule is CCn1cc(CN2CCO[C@@H](c3ccc(Cc4ccccc4)cn3)C2)cn1. The monoisotopic (exact) mass is 362 g/mol. The van der Waals surface area contributed by atoms with E-state index in [0.29, 0.717) is 0 Å². The van der Waals surface area contributed by atoms with Crippen LogP contribution in [0, 0.1) is 0 Å². The van der Waals surface area contributed by atoms with Gasteiger partial charge in [-0.05, 0) is 30.5 Å². The van der Waals surface area contributed by atoms with Gasteiger partial charge in [0.1, 0.15) is 6.10 Å². The maximum atomic E-state index is 5.99. The third-order valence-electron chi connectivity index (χ3n) is 5.00. The van der Waals surface area contributed by atoms with Gasteiger partial charge in [0.2, 0.25) is 0 Å². The molecule has 0 N–H and O–H groups in total. The van der Waals surface area contributed by atoms with Gasteiger partial charge in [0, 0.05) is 44.1 Å². The van der Waals surface area contributed by atoms with Gasteiger partial charge in [0.15, 0.2) is 0 Å². The molecule has 1 saturated heterocycles. The van der Waals surface area contributed by atoms with E-state index in [9.17, 15) is 0 Å². The van der Waals surface area contributed by atoms with Crippen molar-refractivity contribution in [3.63, 3.8) is 0 Å². The highest BCUT2D eigenvalue weighted by Gasteiger charge is 2.23. The average Bonchev–Trinajstić information content (AvgIpc) is 3.17. The molecule has 0 amide bonds. The van der Waals surface area contributed by atoms with E-state index in [1.54, 1.807) is 0 Å². The molecule has 0 radical (unpaired) electrons. The quantitative estimate of drug-likeness (QED) is 0.673. The fourth-order valence-corrected chi connectivity index (χ4v) is 3.51. The number of hydrogen-bond acceptors (Lipinski definition) is 4. The predicted molar refractivity (Wildman–Crippen MR) is 105 cm³/mol. The van der Waals surface area contributed by atoms with Crippen LogP contribution in [0.2, 0.25) is 0 Å². The maximum Gasteiger partial charge on any atom is 0.112 e. The average molecular weight is 362 g/mol. The van der Waals surface area contributed by atoms with Crippen LogP contribution in [0.4, 0.5) is 0 Å². The van der Waals surface area contributed by atoms with Crippen LogP contribution >= 0.6 is 0 Å². The van der Waals surface area contributed by atoms with Crippen LogP contribution in [0.3, 0.4) is 0 Å². The fraction of sp³-hybridized carbons (Fsp3) is 0.364. The van der Waals surface area contributed by atoms with Crippen LogP contribution in [0.15, 0.2) is 61.1 Å². The van der Waals surface area contributed by atoms with Crippen LogP contribution < -0.4 is 0 Å². The lowest BCUT2D eigenvalue weighted by Gasteiger charge is -2.32. The summed E-state index contributed by atoms with van der Waals surface area (Å²) < 4.78 is 7.96. The van der Waals surface area contributed by atoms with E-state index in [1.165, 1.54) is 16.7 Å². The molecule has 1 fully saturated rings. The topological polar surface area (TPSA) is 43.2 Å². The molecule has 2 aromatic heterocycles. The van der Waals surface area contributed by atoms with Gasteiger partial charge in [-0.2, -0.15) is 5.10 Å². The number of rotatable bonds is 6. The highest BCUT2D eigenvalue weighted by molar-refractivity contribution is 5.25. The van der Waals surface area contributed by atoms with Gasteiger partial charge in [-0.15, -0.1) is 0 Å². The zero-order valence-corrected chi connectivity index (χ0v) is 15.8. The Morgan fingerprint density at radius 3 is 2.67 bits per heavy atom. The Morgan fingerprint density at radius 1 is 1.04 bits per heavy atom. The van der Waals surface area contributed by atoms with Gasteiger partial charge in [-0.25, -0.2) is 0 Å². The number of ether oxygens (including phenoxy) is 1. The van der Waals surface area contributed by atoms with E-state index in [2.05, 4.69) is 64.5 Å². The molecule has 1 aromatic carbocycles. The summed E-state index contributed by atoms with van der Waals surface area (Å²) in [5.41, 5.74) is 4.80. The van der Waals surface area contributed by atoms with Crippen LogP contribution in [-0.2, 0) is 24.2 Å². The van der Waals surface area contributed by atoms with Gasteiger partial charge in [0.05, 0.1) is 18.5 Å². The molecule has 0 spiro atoms. The first kappa shape index (κ1) is 17.9. The number of nitrogens with zero attached hydrogens (tertiary/aromatic N) is 4. The van der Waals surface area contributed by atoms with Crippen LogP contribution in [0.1, 0.15) is 35.4 Å². The molecule has 5 nitrogen and oxygen atoms in total. The van der Waals surface area contributed by atoms with Crippen molar-refractivity contribution < 1.29 is 4.74 Å². The van der Waals surface area contributed by atoms with Crippen LogP contribution in [0.25, 0.3) is 0 Å². The van der Waals surface area contributed by atoms with Crippen molar-refractivity contribution in [3.8, 4) is 0 Å². The Balaban J connectivity index is 1.37. The summed E-state index contributed by atoms with van der Waals surface area (Å²) >= 11 is 0. The first-order valence-corrected chi connectivity index (χ1v) is 9.64. The molecule has 27 heavy (non-hydrogen) atoms. The Hall–Kier alpha value is -2.50. The van der Waals surface area contributed by atoms with Crippen molar-refractivity contribution in [3.05, 3.63) is 83.4 Å². The van der Waals surface area contributed by atoms with E-state index in [4.69, 9.17) is 4.74 Å². The van der Waals surface area contributed by atoms with E-state index in [1.807, 2.05) is 23.1 Å². The number of pyridine rings is 1. The van der Waals surface area contributed by atoms with Crippen LogP contribution in [0.5, 0.6) is 0 Å². The molecule has 3 aromatic rings. The Kier molecular flexibility index (Phi) is 5.61. The van der Waals surface area contributed by atoms with Gasteiger partial charge in [-0.3, -0.25) is 14.6 Å². The summed E-state index contributed by atoms with van der Waals surface area (Å²) in [6.45, 7) is 6.47. The van der Waals surface area contributed by atoms with Gasteiger partial charge >= 0.3 is 0 Å². The second-order valence-electron chi connectivity index (χ2n) is 7.05. The Bertz CT molecular complexity index is 844. The van der Waals surface area contributed by atoms with Crippen molar-refractivity contribution in [2.75, 3.05) is 19.7 Å². The third-order valence-corrected chi connectivity index (χ3v) is 5.00. The Morgan fingerprint density at radius 2 is 1.93 bits per heavy atom. The molecular formula is C22H26N4O. The summed E-state index contributed by atoms with van der Waals surface area (Å²) in [6, 6.07) is 14.8. The van der Waals surface area contributed by atoms with Crippen molar-refractivity contribution in [2.45, 2.75) is 32.5 Å². The van der Waals surface area contributed by atoms with Gasteiger partial charge in [-0.1, -0.05) is 36.4 Å². The number of benzene rings is 1. The number of aryl methyl sites for hydroxylation is 1. The minimum absolute atomic E-state index is 0.0331. The minimum atomic E-state index is 0.0331. The van der Waals surface area contributed by atoms with Crippen molar-refractivity contribution in [2.24, 2.45) is 0 Å². The lowest BCUT2D eigenvalue weighted by Crippen LogP contribution is -2.38. The molecule has 0 unspecified atom stereocenters. The summed E-state index contributed by atoms with van der Waals surface area (Å²) in [7, 11) is 0. The number of aromatic nitrogens is 3. The predicted octanol–water partition coefficient (Wildman–Crippen LogP) is 3.46. The number of morpholine rings is 1. The lowest BCUT2D eigenvalue weighted by atomic mass is 10.1.